The first kappa shape index (κ1) is 19.4. The molecule has 158 valence electrons. The molecule has 2 amide bonds. The highest BCUT2D eigenvalue weighted by Crippen LogP contribution is 2.41. The Morgan fingerprint density at radius 1 is 1.10 bits per heavy atom. The number of rotatable bonds is 6. The van der Waals surface area contributed by atoms with E-state index in [9.17, 15) is 9.59 Å². The summed E-state index contributed by atoms with van der Waals surface area (Å²) in [5.74, 6) is 0.987. The van der Waals surface area contributed by atoms with Crippen LogP contribution in [0.25, 0.3) is 10.9 Å². The Morgan fingerprint density at radius 3 is 2.57 bits per heavy atom. The zero-order chi connectivity index (χ0) is 20.7. The molecule has 2 saturated heterocycles. The standard InChI is InChI=1S/C24H30N4O2/c1-2-22(29)28-15-21(16-28)26-9-11-27(12-10-26)23(30)6-5-18-13-20(17-3-4-17)14-19-7-8-25-24(18)19/h2,7-8,13-14,17,21,25H,1,3-6,9-12,15-16H2. The molecule has 1 aliphatic carbocycles. The molecule has 1 saturated carbocycles. The van der Waals surface area contributed by atoms with Gasteiger partial charge < -0.3 is 14.8 Å². The van der Waals surface area contributed by atoms with Crippen molar-refractivity contribution in [2.24, 2.45) is 0 Å². The molecule has 3 aliphatic rings. The van der Waals surface area contributed by atoms with Crippen LogP contribution in [0, 0.1) is 0 Å². The molecule has 1 aromatic heterocycles. The van der Waals surface area contributed by atoms with Crippen molar-refractivity contribution in [1.82, 2.24) is 19.7 Å². The summed E-state index contributed by atoms with van der Waals surface area (Å²) in [6.45, 7) is 8.46. The van der Waals surface area contributed by atoms with Gasteiger partial charge in [0.25, 0.3) is 0 Å². The average molecular weight is 407 g/mol. The van der Waals surface area contributed by atoms with Crippen molar-refractivity contribution in [3.63, 3.8) is 0 Å². The number of aromatic amines is 1. The maximum absolute atomic E-state index is 12.9. The SMILES string of the molecule is C=CC(=O)N1CC(N2CCN(C(=O)CCc3cc(C4CC4)cc4cc[nH]c34)CC2)C1. The van der Waals surface area contributed by atoms with Crippen molar-refractivity contribution < 1.29 is 9.59 Å². The van der Waals surface area contributed by atoms with Crippen molar-refractivity contribution in [2.45, 2.75) is 37.6 Å². The van der Waals surface area contributed by atoms with Crippen molar-refractivity contribution in [1.29, 1.82) is 0 Å². The normalized spacial score (nSPS) is 20.4. The van der Waals surface area contributed by atoms with Crippen LogP contribution in [0.2, 0.25) is 0 Å². The summed E-state index contributed by atoms with van der Waals surface area (Å²) in [4.78, 5) is 34.1. The van der Waals surface area contributed by atoms with Gasteiger partial charge in [0.15, 0.2) is 0 Å². The summed E-state index contributed by atoms with van der Waals surface area (Å²) in [5.41, 5.74) is 3.89. The molecule has 30 heavy (non-hydrogen) atoms. The van der Waals surface area contributed by atoms with Crippen molar-refractivity contribution in [3.05, 3.63) is 48.2 Å². The Morgan fingerprint density at radius 2 is 1.87 bits per heavy atom. The fourth-order valence-electron chi connectivity index (χ4n) is 4.86. The maximum Gasteiger partial charge on any atom is 0.246 e. The molecule has 0 atom stereocenters. The minimum Gasteiger partial charge on any atom is -0.361 e. The van der Waals surface area contributed by atoms with Crippen LogP contribution in [0.5, 0.6) is 0 Å². The van der Waals surface area contributed by atoms with E-state index in [1.54, 1.807) is 0 Å². The lowest BCUT2D eigenvalue weighted by molar-refractivity contribution is -0.136. The Kier molecular flexibility index (Phi) is 5.11. The van der Waals surface area contributed by atoms with Gasteiger partial charge in [-0.05, 0) is 59.9 Å². The van der Waals surface area contributed by atoms with E-state index in [0.717, 1.165) is 51.6 Å². The number of fused-ring (bicyclic) bond motifs is 1. The molecule has 0 radical (unpaired) electrons. The number of hydrogen-bond donors (Lipinski definition) is 1. The van der Waals surface area contributed by atoms with Crippen LogP contribution in [0.4, 0.5) is 0 Å². The molecule has 2 aromatic rings. The number of carbonyl (C=O) groups excluding carboxylic acids is 2. The highest BCUT2D eigenvalue weighted by atomic mass is 16.2. The van der Waals surface area contributed by atoms with Crippen LogP contribution in [-0.4, -0.2) is 76.8 Å². The number of H-pyrrole nitrogens is 1. The summed E-state index contributed by atoms with van der Waals surface area (Å²) in [5, 5.41) is 1.26. The molecule has 1 N–H and O–H groups in total. The average Bonchev–Trinajstić information content (AvgIpc) is 3.48. The molecule has 0 spiro atoms. The zero-order valence-electron chi connectivity index (χ0n) is 17.5. The number of piperazine rings is 1. The summed E-state index contributed by atoms with van der Waals surface area (Å²) in [6, 6.07) is 7.18. The molecule has 3 heterocycles. The predicted octanol–water partition coefficient (Wildman–Crippen LogP) is 2.52. The van der Waals surface area contributed by atoms with Gasteiger partial charge in [-0.1, -0.05) is 12.6 Å². The first-order chi connectivity index (χ1) is 14.6. The number of hydrogen-bond acceptors (Lipinski definition) is 3. The van der Waals surface area contributed by atoms with E-state index in [2.05, 4.69) is 34.7 Å². The van der Waals surface area contributed by atoms with Gasteiger partial charge in [0, 0.05) is 63.4 Å². The molecular weight excluding hydrogens is 376 g/mol. The minimum atomic E-state index is 0.0157. The van der Waals surface area contributed by atoms with Crippen LogP contribution in [0.15, 0.2) is 37.1 Å². The quantitative estimate of drug-likeness (QED) is 0.750. The number of benzene rings is 1. The zero-order valence-corrected chi connectivity index (χ0v) is 17.5. The van der Waals surface area contributed by atoms with Gasteiger partial charge in [-0.2, -0.15) is 0 Å². The number of nitrogens with zero attached hydrogens (tertiary/aromatic N) is 3. The van der Waals surface area contributed by atoms with E-state index in [1.807, 2.05) is 16.0 Å². The van der Waals surface area contributed by atoms with E-state index >= 15 is 0 Å². The Hall–Kier alpha value is -2.60. The number of nitrogens with one attached hydrogen (secondary N) is 1. The second kappa shape index (κ2) is 7.91. The number of carbonyl (C=O) groups is 2. The van der Waals surface area contributed by atoms with Crippen LogP contribution < -0.4 is 0 Å². The van der Waals surface area contributed by atoms with Gasteiger partial charge in [-0.15, -0.1) is 0 Å². The molecule has 6 nitrogen and oxygen atoms in total. The van der Waals surface area contributed by atoms with Gasteiger partial charge in [0.2, 0.25) is 11.8 Å². The monoisotopic (exact) mass is 406 g/mol. The van der Waals surface area contributed by atoms with E-state index in [1.165, 1.54) is 40.9 Å². The van der Waals surface area contributed by atoms with Crippen LogP contribution in [0.1, 0.15) is 36.3 Å². The third kappa shape index (κ3) is 3.76. The van der Waals surface area contributed by atoms with Crippen LogP contribution >= 0.6 is 0 Å². The molecule has 5 rings (SSSR count). The smallest absolute Gasteiger partial charge is 0.246 e. The number of amides is 2. The second-order valence-corrected chi connectivity index (χ2v) is 8.91. The Labute approximate surface area is 177 Å². The number of aryl methyl sites for hydroxylation is 1. The minimum absolute atomic E-state index is 0.0157. The topological polar surface area (TPSA) is 59.7 Å². The van der Waals surface area contributed by atoms with Gasteiger partial charge in [0.05, 0.1) is 0 Å². The highest BCUT2D eigenvalue weighted by molar-refractivity contribution is 5.87. The van der Waals surface area contributed by atoms with E-state index in [0.29, 0.717) is 12.5 Å². The second-order valence-electron chi connectivity index (χ2n) is 8.91. The van der Waals surface area contributed by atoms with Gasteiger partial charge in [0.1, 0.15) is 0 Å². The van der Waals surface area contributed by atoms with E-state index in [4.69, 9.17) is 0 Å². The third-order valence-electron chi connectivity index (χ3n) is 6.95. The van der Waals surface area contributed by atoms with Crippen molar-refractivity contribution in [3.8, 4) is 0 Å². The fourth-order valence-corrected chi connectivity index (χ4v) is 4.86. The summed E-state index contributed by atoms with van der Waals surface area (Å²) in [7, 11) is 0. The lowest BCUT2D eigenvalue weighted by Crippen LogP contribution is -2.64. The highest BCUT2D eigenvalue weighted by Gasteiger charge is 2.35. The summed E-state index contributed by atoms with van der Waals surface area (Å²) < 4.78 is 0. The first-order valence-corrected chi connectivity index (χ1v) is 11.2. The largest absolute Gasteiger partial charge is 0.361 e. The summed E-state index contributed by atoms with van der Waals surface area (Å²) in [6.07, 6.45) is 7.31. The van der Waals surface area contributed by atoms with Crippen LogP contribution in [0.3, 0.4) is 0 Å². The molecule has 0 bridgehead atoms. The molecule has 3 fully saturated rings. The van der Waals surface area contributed by atoms with Crippen LogP contribution in [-0.2, 0) is 16.0 Å². The van der Waals surface area contributed by atoms with E-state index < -0.39 is 0 Å². The maximum atomic E-state index is 12.9. The third-order valence-corrected chi connectivity index (χ3v) is 6.95. The molecule has 2 aliphatic heterocycles. The molecule has 0 unspecified atom stereocenters. The number of likely N-dealkylation sites (tertiary alicyclic amines) is 1. The first-order valence-electron chi connectivity index (χ1n) is 11.2. The predicted molar refractivity (Wildman–Crippen MR) is 117 cm³/mol. The molecule has 1 aromatic carbocycles. The summed E-state index contributed by atoms with van der Waals surface area (Å²) >= 11 is 0. The van der Waals surface area contributed by atoms with Crippen molar-refractivity contribution in [2.75, 3.05) is 39.3 Å². The molecule has 6 heteroatoms. The van der Waals surface area contributed by atoms with Gasteiger partial charge in [-0.25, -0.2) is 0 Å². The molecular formula is C24H30N4O2. The van der Waals surface area contributed by atoms with Gasteiger partial charge in [-0.3, -0.25) is 14.5 Å². The lowest BCUT2D eigenvalue weighted by atomic mass is 10.00. The van der Waals surface area contributed by atoms with Crippen molar-refractivity contribution >= 4 is 22.7 Å². The van der Waals surface area contributed by atoms with Gasteiger partial charge >= 0.3 is 0 Å². The Balaban J connectivity index is 1.13. The Bertz CT molecular complexity index is 963. The lowest BCUT2D eigenvalue weighted by Gasteiger charge is -2.47. The van der Waals surface area contributed by atoms with E-state index in [-0.39, 0.29) is 11.8 Å². The number of aromatic nitrogens is 1. The fraction of sp³-hybridized carbons (Fsp3) is 0.500.